The van der Waals surface area contributed by atoms with Crippen LogP contribution in [0.5, 0.6) is 5.75 Å². The number of benzene rings is 3. The molecule has 0 fully saturated rings. The van der Waals surface area contributed by atoms with Gasteiger partial charge in [0, 0.05) is 18.4 Å². The van der Waals surface area contributed by atoms with Crippen LogP contribution in [0.3, 0.4) is 0 Å². The van der Waals surface area contributed by atoms with Gasteiger partial charge in [-0.1, -0.05) is 48.5 Å². The lowest BCUT2D eigenvalue weighted by Gasteiger charge is -2.17. The number of aromatic nitrogens is 1. The average Bonchev–Trinajstić information content (AvgIpc) is 3.29. The van der Waals surface area contributed by atoms with Crippen molar-refractivity contribution in [2.24, 2.45) is 0 Å². The van der Waals surface area contributed by atoms with Gasteiger partial charge in [-0.25, -0.2) is 9.78 Å². The fourth-order valence-electron chi connectivity index (χ4n) is 4.16. The van der Waals surface area contributed by atoms with E-state index in [1.54, 1.807) is 24.3 Å². The molecule has 0 saturated carbocycles. The molecule has 4 rings (SSSR count). The molecule has 3 aromatic carbocycles. The van der Waals surface area contributed by atoms with Gasteiger partial charge in [0.15, 0.2) is 0 Å². The highest BCUT2D eigenvalue weighted by Gasteiger charge is 2.33. The van der Waals surface area contributed by atoms with Crippen LogP contribution in [0.2, 0.25) is 0 Å². The zero-order valence-electron chi connectivity index (χ0n) is 21.6. The summed E-state index contributed by atoms with van der Waals surface area (Å²) in [5.41, 5.74) is 1.12. The minimum Gasteiger partial charge on any atom is -0.493 e. The van der Waals surface area contributed by atoms with Gasteiger partial charge in [-0.15, -0.1) is 0 Å². The summed E-state index contributed by atoms with van der Waals surface area (Å²) in [5, 5.41) is 11.9. The fourth-order valence-corrected chi connectivity index (χ4v) is 4.16. The molecule has 0 unspecified atom stereocenters. The molecule has 1 heterocycles. The molecule has 2 N–H and O–H groups in total. The molecule has 10 heteroatoms. The molecule has 7 nitrogen and oxygen atoms in total. The maximum Gasteiger partial charge on any atom is 0.416 e. The Labute approximate surface area is 228 Å². The molecule has 0 saturated heterocycles. The number of aliphatic carboxylic acids is 1. The van der Waals surface area contributed by atoms with Crippen molar-refractivity contribution in [3.8, 4) is 17.2 Å². The Kier molecular flexibility index (Phi) is 8.88. The number of amides is 1. The van der Waals surface area contributed by atoms with Gasteiger partial charge in [0.2, 0.25) is 11.8 Å². The standard InChI is InChI=1S/C30H27F3N2O5/c1-19-25(35-28(40-19)21-7-3-2-4-8-21)15-16-39-23-13-11-20(12-14-23)17-26(29(37)38)34-27(36)18-22-9-5-6-10-24(22)30(31,32)33/h2-14,26H,15-18H2,1H3,(H,34,36)(H,37,38)/t26-/m0/s1. The zero-order valence-corrected chi connectivity index (χ0v) is 21.6. The van der Waals surface area contributed by atoms with Crippen molar-refractivity contribution in [2.75, 3.05) is 6.61 Å². The first-order valence-electron chi connectivity index (χ1n) is 12.5. The van der Waals surface area contributed by atoms with Crippen LogP contribution >= 0.6 is 0 Å². The van der Waals surface area contributed by atoms with Crippen molar-refractivity contribution in [3.05, 3.63) is 107 Å². The maximum absolute atomic E-state index is 13.2. The van der Waals surface area contributed by atoms with E-state index in [9.17, 15) is 27.9 Å². The molecule has 0 aliphatic carbocycles. The number of ether oxygens (including phenoxy) is 1. The number of hydrogen-bond donors (Lipinski definition) is 2. The first-order valence-corrected chi connectivity index (χ1v) is 12.5. The first kappa shape index (κ1) is 28.4. The molecule has 1 aromatic heterocycles. The van der Waals surface area contributed by atoms with Gasteiger partial charge < -0.3 is 19.6 Å². The summed E-state index contributed by atoms with van der Waals surface area (Å²) in [5.74, 6) is -0.297. The Morgan fingerprint density at radius 2 is 1.68 bits per heavy atom. The Bertz CT molecular complexity index is 1450. The number of carbonyl (C=O) groups excluding carboxylic acids is 1. The van der Waals surface area contributed by atoms with Crippen LogP contribution in [0.15, 0.2) is 83.3 Å². The maximum atomic E-state index is 13.2. The van der Waals surface area contributed by atoms with Gasteiger partial charge in [0.05, 0.1) is 24.3 Å². The van der Waals surface area contributed by atoms with Crippen LogP contribution in [0.4, 0.5) is 13.2 Å². The van der Waals surface area contributed by atoms with Gasteiger partial charge >= 0.3 is 12.1 Å². The van der Waals surface area contributed by atoms with Crippen LogP contribution in [0.1, 0.15) is 28.1 Å². The number of alkyl halides is 3. The zero-order chi connectivity index (χ0) is 28.7. The van der Waals surface area contributed by atoms with E-state index in [0.717, 1.165) is 17.3 Å². The molecular formula is C30H27F3N2O5. The summed E-state index contributed by atoms with van der Waals surface area (Å²) in [6.45, 7) is 2.18. The lowest BCUT2D eigenvalue weighted by atomic mass is 10.0. The van der Waals surface area contributed by atoms with E-state index in [-0.39, 0.29) is 12.0 Å². The van der Waals surface area contributed by atoms with Gasteiger partial charge in [-0.05, 0) is 48.4 Å². The van der Waals surface area contributed by atoms with Crippen molar-refractivity contribution >= 4 is 11.9 Å². The van der Waals surface area contributed by atoms with Gasteiger partial charge in [0.25, 0.3) is 0 Å². The smallest absolute Gasteiger partial charge is 0.416 e. The van der Waals surface area contributed by atoms with E-state index < -0.39 is 36.1 Å². The predicted octanol–water partition coefficient (Wildman–Crippen LogP) is 5.64. The van der Waals surface area contributed by atoms with Crippen molar-refractivity contribution < 1.29 is 37.0 Å². The Hall–Kier alpha value is -4.60. The largest absolute Gasteiger partial charge is 0.493 e. The summed E-state index contributed by atoms with van der Waals surface area (Å²) in [6.07, 6.45) is -4.74. The SMILES string of the molecule is Cc1oc(-c2ccccc2)nc1CCOc1ccc(C[C@H](NC(=O)Cc2ccccc2C(F)(F)F)C(=O)O)cc1. The fraction of sp³-hybridized carbons (Fsp3) is 0.233. The van der Waals surface area contributed by atoms with Gasteiger partial charge in [-0.2, -0.15) is 13.2 Å². The topological polar surface area (TPSA) is 102 Å². The monoisotopic (exact) mass is 552 g/mol. The molecular weight excluding hydrogens is 525 g/mol. The summed E-state index contributed by atoms with van der Waals surface area (Å²) in [7, 11) is 0. The Morgan fingerprint density at radius 3 is 2.35 bits per heavy atom. The van der Waals surface area contributed by atoms with E-state index in [2.05, 4.69) is 10.3 Å². The number of carbonyl (C=O) groups is 2. The summed E-state index contributed by atoms with van der Waals surface area (Å²) in [4.78, 5) is 28.7. The van der Waals surface area contributed by atoms with E-state index in [0.29, 0.717) is 36.0 Å². The highest BCUT2D eigenvalue weighted by atomic mass is 19.4. The highest BCUT2D eigenvalue weighted by molar-refractivity contribution is 5.85. The van der Waals surface area contributed by atoms with Crippen molar-refractivity contribution in [1.29, 1.82) is 0 Å². The Balaban J connectivity index is 1.30. The molecule has 0 radical (unpaired) electrons. The second-order valence-electron chi connectivity index (χ2n) is 9.12. The van der Waals surface area contributed by atoms with Crippen LogP contribution < -0.4 is 10.1 Å². The Morgan fingerprint density at radius 1 is 1.00 bits per heavy atom. The number of rotatable bonds is 11. The van der Waals surface area contributed by atoms with Crippen LogP contribution in [0.25, 0.3) is 11.5 Å². The minimum atomic E-state index is -4.62. The molecule has 0 aliphatic rings. The van der Waals surface area contributed by atoms with E-state index in [1.807, 2.05) is 37.3 Å². The number of nitrogens with zero attached hydrogens (tertiary/aromatic N) is 1. The summed E-state index contributed by atoms with van der Waals surface area (Å²) < 4.78 is 51.2. The molecule has 0 bridgehead atoms. The summed E-state index contributed by atoms with van der Waals surface area (Å²) >= 11 is 0. The van der Waals surface area contributed by atoms with E-state index >= 15 is 0 Å². The number of oxazole rings is 1. The van der Waals surface area contributed by atoms with E-state index in [4.69, 9.17) is 9.15 Å². The van der Waals surface area contributed by atoms with Gasteiger partial charge in [-0.3, -0.25) is 4.79 Å². The third-order valence-corrected chi connectivity index (χ3v) is 6.19. The second kappa shape index (κ2) is 12.5. The number of hydrogen-bond acceptors (Lipinski definition) is 5. The third kappa shape index (κ3) is 7.49. The van der Waals surface area contributed by atoms with E-state index in [1.165, 1.54) is 18.2 Å². The van der Waals surface area contributed by atoms with Crippen LogP contribution in [-0.2, 0) is 35.0 Å². The van der Waals surface area contributed by atoms with Crippen molar-refractivity contribution in [1.82, 2.24) is 10.3 Å². The molecule has 4 aromatic rings. The number of nitrogens with one attached hydrogen (secondary N) is 1. The number of carboxylic acid groups (broad SMARTS) is 1. The molecule has 0 aliphatic heterocycles. The van der Waals surface area contributed by atoms with Crippen LogP contribution in [-0.4, -0.2) is 34.6 Å². The molecule has 208 valence electrons. The van der Waals surface area contributed by atoms with Gasteiger partial charge in [0.1, 0.15) is 17.6 Å². The molecule has 40 heavy (non-hydrogen) atoms. The summed E-state index contributed by atoms with van der Waals surface area (Å²) in [6, 6.07) is 19.7. The minimum absolute atomic E-state index is 0.0529. The lowest BCUT2D eigenvalue weighted by Crippen LogP contribution is -2.43. The average molecular weight is 553 g/mol. The third-order valence-electron chi connectivity index (χ3n) is 6.19. The number of aryl methyl sites for hydroxylation is 1. The number of carboxylic acids is 1. The number of halogens is 3. The van der Waals surface area contributed by atoms with Crippen molar-refractivity contribution in [3.63, 3.8) is 0 Å². The van der Waals surface area contributed by atoms with Crippen molar-refractivity contribution in [2.45, 2.75) is 38.4 Å². The molecule has 1 atom stereocenters. The molecule has 0 spiro atoms. The predicted molar refractivity (Wildman–Crippen MR) is 141 cm³/mol. The molecule has 1 amide bonds. The first-order chi connectivity index (χ1) is 19.1. The quantitative estimate of drug-likeness (QED) is 0.250. The highest BCUT2D eigenvalue weighted by Crippen LogP contribution is 2.32. The second-order valence-corrected chi connectivity index (χ2v) is 9.12. The lowest BCUT2D eigenvalue weighted by molar-refractivity contribution is -0.142. The normalized spacial score (nSPS) is 12.1. The van der Waals surface area contributed by atoms with Crippen LogP contribution in [0, 0.1) is 6.92 Å².